The van der Waals surface area contributed by atoms with Crippen molar-refractivity contribution in [1.82, 2.24) is 14.8 Å². The normalized spacial score (nSPS) is 11.0. The lowest BCUT2D eigenvalue weighted by Gasteiger charge is -2.08. The Morgan fingerprint density at radius 2 is 2.00 bits per heavy atom. The first-order chi connectivity index (χ1) is 8.72. The van der Waals surface area contributed by atoms with Gasteiger partial charge in [-0.2, -0.15) is 5.10 Å². The van der Waals surface area contributed by atoms with Gasteiger partial charge in [0.25, 0.3) is 0 Å². The molecule has 3 heteroatoms. The van der Waals surface area contributed by atoms with Crippen LogP contribution in [0.25, 0.3) is 10.9 Å². The van der Waals surface area contributed by atoms with E-state index in [0.29, 0.717) is 0 Å². The van der Waals surface area contributed by atoms with Crippen LogP contribution in [0, 0.1) is 13.8 Å². The number of nitrogens with zero attached hydrogens (tertiary/aromatic N) is 3. The summed E-state index contributed by atoms with van der Waals surface area (Å²) in [6.45, 7) is 4.88. The Balaban J connectivity index is 2.10. The molecule has 1 aromatic carbocycles. The molecule has 3 rings (SSSR count). The highest BCUT2D eigenvalue weighted by molar-refractivity contribution is 5.82. The van der Waals surface area contributed by atoms with Crippen LogP contribution in [0.5, 0.6) is 0 Å². The third-order valence-corrected chi connectivity index (χ3v) is 3.02. The van der Waals surface area contributed by atoms with Crippen LogP contribution in [-0.2, 0) is 6.54 Å². The highest BCUT2D eigenvalue weighted by Gasteiger charge is 2.04. The van der Waals surface area contributed by atoms with E-state index in [1.165, 1.54) is 16.5 Å². The van der Waals surface area contributed by atoms with Crippen molar-refractivity contribution in [2.45, 2.75) is 20.4 Å². The van der Waals surface area contributed by atoms with Crippen molar-refractivity contribution in [2.24, 2.45) is 0 Å². The van der Waals surface area contributed by atoms with Crippen molar-refractivity contribution < 1.29 is 0 Å². The molecule has 0 aliphatic rings. The number of rotatable bonds is 2. The first kappa shape index (κ1) is 11.0. The van der Waals surface area contributed by atoms with Crippen LogP contribution in [0.2, 0.25) is 0 Å². The van der Waals surface area contributed by atoms with Gasteiger partial charge in [-0.05, 0) is 37.1 Å². The minimum atomic E-state index is 0.789. The second-order valence-corrected chi connectivity index (χ2v) is 4.66. The molecule has 0 bridgehead atoms. The summed E-state index contributed by atoms with van der Waals surface area (Å²) >= 11 is 0. The summed E-state index contributed by atoms with van der Waals surface area (Å²) in [6.07, 6.45) is 3.95. The second-order valence-electron chi connectivity index (χ2n) is 4.66. The molecule has 2 heterocycles. The maximum Gasteiger partial charge on any atom is 0.0708 e. The molecular weight excluding hydrogens is 222 g/mol. The van der Waals surface area contributed by atoms with Gasteiger partial charge in [-0.15, -0.1) is 0 Å². The predicted molar refractivity (Wildman–Crippen MR) is 72.5 cm³/mol. The first-order valence-electron chi connectivity index (χ1n) is 6.07. The molecule has 0 saturated carbocycles. The van der Waals surface area contributed by atoms with Crippen LogP contribution in [-0.4, -0.2) is 14.8 Å². The average molecular weight is 237 g/mol. The molecule has 2 aromatic heterocycles. The number of pyridine rings is 1. The highest BCUT2D eigenvalue weighted by atomic mass is 15.3. The van der Waals surface area contributed by atoms with Crippen LogP contribution in [0.4, 0.5) is 0 Å². The molecule has 0 aliphatic heterocycles. The smallest absolute Gasteiger partial charge is 0.0708 e. The molecule has 90 valence electrons. The summed E-state index contributed by atoms with van der Waals surface area (Å²) in [6, 6.07) is 10.4. The Labute approximate surface area is 106 Å². The third kappa shape index (κ3) is 1.99. The summed E-state index contributed by atoms with van der Waals surface area (Å²) < 4.78 is 1.97. The zero-order valence-electron chi connectivity index (χ0n) is 10.6. The van der Waals surface area contributed by atoms with E-state index in [2.05, 4.69) is 47.5 Å². The number of aryl methyl sites for hydroxylation is 2. The highest BCUT2D eigenvalue weighted by Crippen LogP contribution is 2.19. The van der Waals surface area contributed by atoms with Gasteiger partial charge in [0.1, 0.15) is 0 Å². The SMILES string of the molecule is Cc1cnn(Cc2cc(C)nc3ccccc23)c1. The molecule has 18 heavy (non-hydrogen) atoms. The third-order valence-electron chi connectivity index (χ3n) is 3.02. The van der Waals surface area contributed by atoms with Gasteiger partial charge in [0.2, 0.25) is 0 Å². The summed E-state index contributed by atoms with van der Waals surface area (Å²) in [5, 5.41) is 5.55. The van der Waals surface area contributed by atoms with Gasteiger partial charge >= 0.3 is 0 Å². The topological polar surface area (TPSA) is 30.7 Å². The zero-order valence-corrected chi connectivity index (χ0v) is 10.6. The number of hydrogen-bond acceptors (Lipinski definition) is 2. The van der Waals surface area contributed by atoms with Crippen LogP contribution in [0.3, 0.4) is 0 Å². The molecule has 0 amide bonds. The van der Waals surface area contributed by atoms with Gasteiger partial charge in [0, 0.05) is 17.3 Å². The van der Waals surface area contributed by atoms with E-state index in [0.717, 1.165) is 17.8 Å². The van der Waals surface area contributed by atoms with E-state index in [1.807, 2.05) is 23.9 Å². The number of para-hydroxylation sites is 1. The molecule has 3 nitrogen and oxygen atoms in total. The maximum absolute atomic E-state index is 4.55. The summed E-state index contributed by atoms with van der Waals surface area (Å²) in [5.74, 6) is 0. The van der Waals surface area contributed by atoms with Gasteiger partial charge in [-0.1, -0.05) is 18.2 Å². The Kier molecular flexibility index (Phi) is 2.59. The molecule has 0 atom stereocenters. The quantitative estimate of drug-likeness (QED) is 0.685. The van der Waals surface area contributed by atoms with E-state index in [4.69, 9.17) is 0 Å². The number of benzene rings is 1. The predicted octanol–water partition coefficient (Wildman–Crippen LogP) is 3.10. The molecule has 0 fully saturated rings. The number of aromatic nitrogens is 3. The lowest BCUT2D eigenvalue weighted by Crippen LogP contribution is -2.02. The molecule has 0 N–H and O–H groups in total. The minimum absolute atomic E-state index is 0.789. The van der Waals surface area contributed by atoms with Crippen molar-refractivity contribution in [1.29, 1.82) is 0 Å². The first-order valence-corrected chi connectivity index (χ1v) is 6.07. The molecule has 3 aromatic rings. The van der Waals surface area contributed by atoms with Crippen LogP contribution in [0.1, 0.15) is 16.8 Å². The maximum atomic E-state index is 4.55. The van der Waals surface area contributed by atoms with Crippen LogP contribution in [0.15, 0.2) is 42.7 Å². The van der Waals surface area contributed by atoms with E-state index in [-0.39, 0.29) is 0 Å². The van der Waals surface area contributed by atoms with E-state index in [9.17, 15) is 0 Å². The van der Waals surface area contributed by atoms with Gasteiger partial charge in [-0.3, -0.25) is 9.67 Å². The van der Waals surface area contributed by atoms with E-state index < -0.39 is 0 Å². The largest absolute Gasteiger partial charge is 0.268 e. The fourth-order valence-electron chi connectivity index (χ4n) is 2.25. The zero-order chi connectivity index (χ0) is 12.5. The summed E-state index contributed by atoms with van der Waals surface area (Å²) in [4.78, 5) is 4.55. The lowest BCUT2D eigenvalue weighted by atomic mass is 10.1. The molecule has 0 aliphatic carbocycles. The number of hydrogen-bond donors (Lipinski definition) is 0. The second kappa shape index (κ2) is 4.26. The fourth-order valence-corrected chi connectivity index (χ4v) is 2.25. The van der Waals surface area contributed by atoms with Crippen LogP contribution < -0.4 is 0 Å². The molecule has 0 spiro atoms. The van der Waals surface area contributed by atoms with Crippen molar-refractivity contribution in [3.63, 3.8) is 0 Å². The fraction of sp³-hybridized carbons (Fsp3) is 0.200. The monoisotopic (exact) mass is 237 g/mol. The van der Waals surface area contributed by atoms with Crippen LogP contribution >= 0.6 is 0 Å². The van der Waals surface area contributed by atoms with Gasteiger partial charge in [0.05, 0.1) is 18.3 Å². The Morgan fingerprint density at radius 3 is 2.78 bits per heavy atom. The lowest BCUT2D eigenvalue weighted by molar-refractivity contribution is 0.689. The molecule has 0 unspecified atom stereocenters. The van der Waals surface area contributed by atoms with Gasteiger partial charge in [0.15, 0.2) is 0 Å². The van der Waals surface area contributed by atoms with Crippen molar-refractivity contribution in [3.8, 4) is 0 Å². The van der Waals surface area contributed by atoms with Crippen molar-refractivity contribution in [2.75, 3.05) is 0 Å². The standard InChI is InChI=1S/C15H15N3/c1-11-8-16-18(9-11)10-13-7-12(2)17-15-6-4-3-5-14(13)15/h3-9H,10H2,1-2H3. The van der Waals surface area contributed by atoms with Gasteiger partial charge in [-0.25, -0.2) is 0 Å². The summed E-state index contributed by atoms with van der Waals surface area (Å²) in [5.41, 5.74) is 4.55. The Morgan fingerprint density at radius 1 is 1.17 bits per heavy atom. The Hall–Kier alpha value is -2.16. The molecular formula is C15H15N3. The number of fused-ring (bicyclic) bond motifs is 1. The van der Waals surface area contributed by atoms with Crippen molar-refractivity contribution in [3.05, 3.63) is 59.5 Å². The van der Waals surface area contributed by atoms with Crippen molar-refractivity contribution >= 4 is 10.9 Å². The summed E-state index contributed by atoms with van der Waals surface area (Å²) in [7, 11) is 0. The van der Waals surface area contributed by atoms with Gasteiger partial charge < -0.3 is 0 Å². The Bertz CT molecular complexity index is 698. The minimum Gasteiger partial charge on any atom is -0.268 e. The van der Waals surface area contributed by atoms with E-state index >= 15 is 0 Å². The average Bonchev–Trinajstić information content (AvgIpc) is 2.74. The molecule has 0 saturated heterocycles. The van der Waals surface area contributed by atoms with E-state index in [1.54, 1.807) is 0 Å². The molecule has 0 radical (unpaired) electrons.